The van der Waals surface area contributed by atoms with Crippen LogP contribution in [0, 0.1) is 0 Å². The Labute approximate surface area is 99.8 Å². The van der Waals surface area contributed by atoms with E-state index in [-0.39, 0.29) is 0 Å². The highest BCUT2D eigenvalue weighted by Crippen LogP contribution is 2.34. The zero-order valence-corrected chi connectivity index (χ0v) is 9.97. The van der Waals surface area contributed by atoms with Crippen molar-refractivity contribution in [1.82, 2.24) is 0 Å². The predicted octanol–water partition coefficient (Wildman–Crippen LogP) is 5.00. The predicted molar refractivity (Wildman–Crippen MR) is 66.4 cm³/mol. The van der Waals surface area contributed by atoms with Crippen LogP contribution < -0.4 is 0 Å². The second-order valence-corrected chi connectivity index (χ2v) is 4.56. The fraction of sp³-hybridized carbons (Fsp3) is 0. The highest BCUT2D eigenvalue weighted by molar-refractivity contribution is 9.10. The number of hydrogen-bond donors (Lipinski definition) is 0. The third-order valence-electron chi connectivity index (χ3n) is 2.44. The van der Waals surface area contributed by atoms with E-state index in [1.165, 1.54) is 0 Å². The average molecular weight is 282 g/mol. The van der Waals surface area contributed by atoms with E-state index >= 15 is 0 Å². The van der Waals surface area contributed by atoms with E-state index in [0.717, 1.165) is 31.4 Å². The van der Waals surface area contributed by atoms with Gasteiger partial charge in [-0.25, -0.2) is 0 Å². The van der Waals surface area contributed by atoms with E-state index in [1.54, 1.807) is 0 Å². The van der Waals surface area contributed by atoms with Gasteiger partial charge in [0.1, 0.15) is 5.58 Å². The second kappa shape index (κ2) is 3.26. The maximum Gasteiger partial charge on any atom is 0.170 e. The van der Waals surface area contributed by atoms with Crippen LogP contribution in [0.1, 0.15) is 0 Å². The molecule has 0 atom stereocenters. The molecule has 3 aromatic rings. The highest BCUT2D eigenvalue weighted by Gasteiger charge is 2.08. The van der Waals surface area contributed by atoms with Crippen LogP contribution in [0.3, 0.4) is 0 Å². The van der Waals surface area contributed by atoms with E-state index in [4.69, 9.17) is 16.0 Å². The number of hydrogen-bond acceptors (Lipinski definition) is 1. The van der Waals surface area contributed by atoms with E-state index < -0.39 is 0 Å². The van der Waals surface area contributed by atoms with Gasteiger partial charge in [-0.05, 0) is 28.1 Å². The van der Waals surface area contributed by atoms with Crippen LogP contribution >= 0.6 is 27.5 Å². The molecule has 0 spiro atoms. The fourth-order valence-electron chi connectivity index (χ4n) is 1.80. The smallest absolute Gasteiger partial charge is 0.170 e. The van der Waals surface area contributed by atoms with Crippen LogP contribution in [0.4, 0.5) is 0 Å². The van der Waals surface area contributed by atoms with Gasteiger partial charge in [0.15, 0.2) is 4.67 Å². The van der Waals surface area contributed by atoms with Crippen LogP contribution in [0.25, 0.3) is 21.7 Å². The van der Waals surface area contributed by atoms with E-state index in [1.807, 2.05) is 36.4 Å². The summed E-state index contributed by atoms with van der Waals surface area (Å²) in [6.45, 7) is 0. The number of halogens is 2. The van der Waals surface area contributed by atoms with Gasteiger partial charge in [-0.1, -0.05) is 35.9 Å². The third-order valence-corrected chi connectivity index (χ3v) is 3.15. The normalized spacial score (nSPS) is 11.3. The summed E-state index contributed by atoms with van der Waals surface area (Å²) >= 11 is 9.51. The maximum absolute atomic E-state index is 6.19. The molecular formula is C12H6BrClO. The first-order chi connectivity index (χ1) is 7.25. The molecule has 0 amide bonds. The first-order valence-corrected chi connectivity index (χ1v) is 5.69. The van der Waals surface area contributed by atoms with Gasteiger partial charge in [-0.3, -0.25) is 0 Å². The summed E-state index contributed by atoms with van der Waals surface area (Å²) in [5.41, 5.74) is 0.877. The summed E-state index contributed by atoms with van der Waals surface area (Å²) in [6, 6.07) is 11.8. The minimum atomic E-state index is 0.727. The molecule has 15 heavy (non-hydrogen) atoms. The molecule has 0 unspecified atom stereocenters. The molecule has 1 heterocycles. The van der Waals surface area contributed by atoms with Gasteiger partial charge in [-0.15, -0.1) is 0 Å². The molecule has 0 aliphatic heterocycles. The Morgan fingerprint density at radius 3 is 2.60 bits per heavy atom. The Kier molecular flexibility index (Phi) is 2.01. The molecule has 0 aliphatic rings. The fourth-order valence-corrected chi connectivity index (χ4v) is 2.49. The zero-order valence-electron chi connectivity index (χ0n) is 7.63. The lowest BCUT2D eigenvalue weighted by Gasteiger charge is -2.00. The average Bonchev–Trinajstić information content (AvgIpc) is 2.59. The monoisotopic (exact) mass is 280 g/mol. The quantitative estimate of drug-likeness (QED) is 0.565. The van der Waals surface area contributed by atoms with Crippen molar-refractivity contribution in [1.29, 1.82) is 0 Å². The Morgan fingerprint density at radius 1 is 1.07 bits per heavy atom. The van der Waals surface area contributed by atoms with Crippen molar-refractivity contribution in [2.75, 3.05) is 0 Å². The molecule has 0 saturated carbocycles. The van der Waals surface area contributed by atoms with Gasteiger partial charge >= 0.3 is 0 Å². The minimum Gasteiger partial charge on any atom is -0.449 e. The first kappa shape index (κ1) is 9.25. The standard InChI is InChI=1S/C12H6BrClO/c13-11-6-7-5-10(14)8-3-1-2-4-9(8)12(7)15-11/h1-6H. The number of fused-ring (bicyclic) bond motifs is 3. The molecule has 0 saturated heterocycles. The molecule has 0 N–H and O–H groups in total. The molecular weight excluding hydrogens is 275 g/mol. The zero-order chi connectivity index (χ0) is 10.4. The summed E-state index contributed by atoms with van der Waals surface area (Å²) in [4.78, 5) is 0. The lowest BCUT2D eigenvalue weighted by atomic mass is 10.1. The van der Waals surface area contributed by atoms with E-state index in [0.29, 0.717) is 0 Å². The van der Waals surface area contributed by atoms with Crippen LogP contribution in [-0.4, -0.2) is 0 Å². The molecule has 1 nitrogen and oxygen atoms in total. The van der Waals surface area contributed by atoms with Crippen molar-refractivity contribution in [3.63, 3.8) is 0 Å². The van der Waals surface area contributed by atoms with Crippen molar-refractivity contribution in [3.8, 4) is 0 Å². The summed E-state index contributed by atoms with van der Waals surface area (Å²) in [7, 11) is 0. The minimum absolute atomic E-state index is 0.727. The summed E-state index contributed by atoms with van der Waals surface area (Å²) in [5.74, 6) is 0. The third kappa shape index (κ3) is 1.36. The van der Waals surface area contributed by atoms with E-state index in [2.05, 4.69) is 15.9 Å². The molecule has 0 radical (unpaired) electrons. The lowest BCUT2D eigenvalue weighted by molar-refractivity contribution is 0.590. The number of rotatable bonds is 0. The van der Waals surface area contributed by atoms with Gasteiger partial charge in [0.25, 0.3) is 0 Å². The summed E-state index contributed by atoms with van der Waals surface area (Å²) in [5, 5.41) is 3.84. The SMILES string of the molecule is Clc1cc2cc(Br)oc2c2ccccc12. The largest absolute Gasteiger partial charge is 0.449 e. The van der Waals surface area contributed by atoms with Crippen LogP contribution in [0.5, 0.6) is 0 Å². The van der Waals surface area contributed by atoms with Crippen molar-refractivity contribution < 1.29 is 4.42 Å². The lowest BCUT2D eigenvalue weighted by Crippen LogP contribution is -1.74. The molecule has 3 heteroatoms. The van der Waals surface area contributed by atoms with Crippen LogP contribution in [-0.2, 0) is 0 Å². The molecule has 0 fully saturated rings. The Bertz CT molecular complexity index is 657. The van der Waals surface area contributed by atoms with Crippen molar-refractivity contribution >= 4 is 49.3 Å². The molecule has 2 aromatic carbocycles. The first-order valence-electron chi connectivity index (χ1n) is 4.52. The number of furan rings is 1. The Hall–Kier alpha value is -0.990. The van der Waals surface area contributed by atoms with Gasteiger partial charge in [-0.2, -0.15) is 0 Å². The van der Waals surface area contributed by atoms with Crippen LogP contribution in [0.2, 0.25) is 5.02 Å². The molecule has 1 aromatic heterocycles. The second-order valence-electron chi connectivity index (χ2n) is 3.37. The van der Waals surface area contributed by atoms with Crippen molar-refractivity contribution in [2.45, 2.75) is 0 Å². The van der Waals surface area contributed by atoms with Crippen molar-refractivity contribution in [2.24, 2.45) is 0 Å². The maximum atomic E-state index is 6.19. The van der Waals surface area contributed by atoms with E-state index in [9.17, 15) is 0 Å². The van der Waals surface area contributed by atoms with Gasteiger partial charge in [0.05, 0.1) is 0 Å². The Morgan fingerprint density at radius 2 is 1.80 bits per heavy atom. The summed E-state index contributed by atoms with van der Waals surface area (Å²) in [6.07, 6.45) is 0. The molecule has 3 rings (SSSR count). The molecule has 0 bridgehead atoms. The van der Waals surface area contributed by atoms with Gasteiger partial charge in [0.2, 0.25) is 0 Å². The summed E-state index contributed by atoms with van der Waals surface area (Å²) < 4.78 is 6.32. The molecule has 0 aliphatic carbocycles. The highest BCUT2D eigenvalue weighted by atomic mass is 79.9. The topological polar surface area (TPSA) is 13.1 Å². The van der Waals surface area contributed by atoms with Crippen LogP contribution in [0.15, 0.2) is 45.5 Å². The Balaban J connectivity index is 2.62. The van der Waals surface area contributed by atoms with Gasteiger partial charge < -0.3 is 4.42 Å². The molecule has 74 valence electrons. The van der Waals surface area contributed by atoms with Crippen molar-refractivity contribution in [3.05, 3.63) is 46.1 Å². The van der Waals surface area contributed by atoms with Gasteiger partial charge in [0, 0.05) is 21.2 Å². The number of benzene rings is 2.